The zero-order chi connectivity index (χ0) is 16.2. The molecule has 118 valence electrons. The molecule has 0 spiro atoms. The number of hydrogen-bond acceptors (Lipinski definition) is 4. The number of rotatable bonds is 3. The van der Waals surface area contributed by atoms with Gasteiger partial charge in [-0.1, -0.05) is 23.8 Å². The van der Waals surface area contributed by atoms with Crippen LogP contribution in [-0.2, 0) is 0 Å². The van der Waals surface area contributed by atoms with E-state index < -0.39 is 0 Å². The molecular weight excluding hydrogens is 292 g/mol. The number of phenolic OH excluding ortho intramolecular Hbond substituents is 1. The van der Waals surface area contributed by atoms with Crippen molar-refractivity contribution in [1.29, 1.82) is 0 Å². The molecule has 0 aliphatic carbocycles. The fraction of sp³-hybridized carbons (Fsp3) is 0.211. The Morgan fingerprint density at radius 1 is 1.09 bits per heavy atom. The van der Waals surface area contributed by atoms with Crippen LogP contribution in [0.4, 0.5) is 0 Å². The molecule has 2 aromatic carbocycles. The summed E-state index contributed by atoms with van der Waals surface area (Å²) in [6, 6.07) is 10.5. The summed E-state index contributed by atoms with van der Waals surface area (Å²) in [7, 11) is 0. The minimum Gasteiger partial charge on any atom is -0.507 e. The summed E-state index contributed by atoms with van der Waals surface area (Å²) >= 11 is 0. The minimum atomic E-state index is -0.238. The van der Waals surface area contributed by atoms with E-state index in [0.29, 0.717) is 24.5 Å². The number of aryl methyl sites for hydroxylation is 1. The fourth-order valence-electron chi connectivity index (χ4n) is 2.39. The number of allylic oxidation sites excluding steroid dienone is 1. The third kappa shape index (κ3) is 3.54. The first-order chi connectivity index (χ1) is 11.1. The molecule has 0 saturated heterocycles. The second-order valence-corrected chi connectivity index (χ2v) is 5.47. The molecule has 2 aromatic rings. The largest absolute Gasteiger partial charge is 0.507 e. The van der Waals surface area contributed by atoms with E-state index in [-0.39, 0.29) is 11.5 Å². The number of carbonyl (C=O) groups excluding carboxylic acids is 1. The fourth-order valence-corrected chi connectivity index (χ4v) is 2.39. The Bertz CT molecular complexity index is 762. The number of fused-ring (bicyclic) bond motifs is 1. The summed E-state index contributed by atoms with van der Waals surface area (Å²) in [5, 5.41) is 9.80. The Hall–Kier alpha value is -2.75. The summed E-state index contributed by atoms with van der Waals surface area (Å²) in [5.74, 6) is 1.17. The molecule has 23 heavy (non-hydrogen) atoms. The summed E-state index contributed by atoms with van der Waals surface area (Å²) in [5.41, 5.74) is 2.07. The number of benzene rings is 2. The minimum absolute atomic E-state index is 0.0103. The van der Waals surface area contributed by atoms with E-state index in [1.54, 1.807) is 18.2 Å². The lowest BCUT2D eigenvalue weighted by Crippen LogP contribution is -1.97. The van der Waals surface area contributed by atoms with Crippen LogP contribution >= 0.6 is 0 Å². The zero-order valence-electron chi connectivity index (χ0n) is 12.9. The smallest absolute Gasteiger partial charge is 0.189 e. The van der Waals surface area contributed by atoms with Crippen molar-refractivity contribution in [3.63, 3.8) is 0 Å². The average molecular weight is 310 g/mol. The number of phenols is 1. The summed E-state index contributed by atoms with van der Waals surface area (Å²) in [6.07, 6.45) is 4.01. The molecule has 0 saturated carbocycles. The Morgan fingerprint density at radius 3 is 2.70 bits per heavy atom. The van der Waals surface area contributed by atoms with Crippen LogP contribution in [-0.4, -0.2) is 24.1 Å². The maximum atomic E-state index is 12.2. The highest BCUT2D eigenvalue weighted by molar-refractivity contribution is 6.08. The maximum absolute atomic E-state index is 12.2. The van der Waals surface area contributed by atoms with Crippen LogP contribution < -0.4 is 9.47 Å². The Balaban J connectivity index is 1.81. The van der Waals surface area contributed by atoms with Crippen molar-refractivity contribution in [3.8, 4) is 17.2 Å². The molecule has 1 aliphatic heterocycles. The van der Waals surface area contributed by atoms with Gasteiger partial charge in [0.1, 0.15) is 5.75 Å². The third-order valence-electron chi connectivity index (χ3n) is 3.62. The van der Waals surface area contributed by atoms with Gasteiger partial charge >= 0.3 is 0 Å². The first-order valence-corrected chi connectivity index (χ1v) is 7.55. The highest BCUT2D eigenvalue weighted by Gasteiger charge is 2.11. The quantitative estimate of drug-likeness (QED) is 0.693. The Morgan fingerprint density at radius 2 is 1.87 bits per heavy atom. The second-order valence-electron chi connectivity index (χ2n) is 5.47. The summed E-state index contributed by atoms with van der Waals surface area (Å²) in [4.78, 5) is 12.2. The summed E-state index contributed by atoms with van der Waals surface area (Å²) < 4.78 is 11.2. The molecule has 0 fully saturated rings. The predicted octanol–water partition coefficient (Wildman–Crippen LogP) is 3.76. The van der Waals surface area contributed by atoms with Crippen molar-refractivity contribution in [2.24, 2.45) is 0 Å². The summed E-state index contributed by atoms with van der Waals surface area (Å²) in [6.45, 7) is 3.15. The first kappa shape index (κ1) is 15.2. The van der Waals surface area contributed by atoms with Crippen molar-refractivity contribution in [1.82, 2.24) is 0 Å². The molecule has 1 N–H and O–H groups in total. The van der Waals surface area contributed by atoms with Gasteiger partial charge in [-0.05, 0) is 42.8 Å². The van der Waals surface area contributed by atoms with E-state index >= 15 is 0 Å². The molecule has 0 unspecified atom stereocenters. The van der Waals surface area contributed by atoms with Crippen LogP contribution in [0.15, 0.2) is 42.5 Å². The van der Waals surface area contributed by atoms with Crippen LogP contribution in [0.2, 0.25) is 0 Å². The third-order valence-corrected chi connectivity index (χ3v) is 3.62. The zero-order valence-corrected chi connectivity index (χ0v) is 12.9. The van der Waals surface area contributed by atoms with E-state index in [0.717, 1.165) is 23.3 Å². The van der Waals surface area contributed by atoms with Gasteiger partial charge in [-0.15, -0.1) is 0 Å². The SMILES string of the molecule is Cc1ccc(O)c(C(=O)/C=C\c2ccc3c(c2)OCCCO3)c1. The van der Waals surface area contributed by atoms with Gasteiger partial charge in [0.05, 0.1) is 18.8 Å². The highest BCUT2D eigenvalue weighted by atomic mass is 16.5. The molecule has 0 atom stereocenters. The number of ether oxygens (including phenoxy) is 2. The van der Waals surface area contributed by atoms with Gasteiger partial charge in [0, 0.05) is 6.42 Å². The Kier molecular flexibility index (Phi) is 4.33. The number of ketones is 1. The molecule has 4 nitrogen and oxygen atoms in total. The van der Waals surface area contributed by atoms with Gasteiger partial charge in [-0.3, -0.25) is 4.79 Å². The van der Waals surface area contributed by atoms with E-state index in [9.17, 15) is 9.90 Å². The number of carbonyl (C=O) groups is 1. The molecule has 0 radical (unpaired) electrons. The monoisotopic (exact) mass is 310 g/mol. The molecular formula is C19H18O4. The van der Waals surface area contributed by atoms with E-state index in [1.807, 2.05) is 25.1 Å². The van der Waals surface area contributed by atoms with Crippen LogP contribution in [0, 0.1) is 6.92 Å². The molecule has 3 rings (SSSR count). The molecule has 1 heterocycles. The average Bonchev–Trinajstić information content (AvgIpc) is 2.79. The van der Waals surface area contributed by atoms with Crippen molar-refractivity contribution in [2.75, 3.05) is 13.2 Å². The predicted molar refractivity (Wildman–Crippen MR) is 88.3 cm³/mol. The van der Waals surface area contributed by atoms with Gasteiger partial charge in [-0.2, -0.15) is 0 Å². The molecule has 1 aliphatic rings. The standard InChI is InChI=1S/C19H18O4/c1-13-3-6-16(20)15(11-13)17(21)7-4-14-5-8-18-19(12-14)23-10-2-9-22-18/h3-8,11-12,20H,2,9-10H2,1H3/b7-4-. The number of hydrogen-bond donors (Lipinski definition) is 1. The lowest BCUT2D eigenvalue weighted by molar-refractivity contribution is 0.104. The van der Waals surface area contributed by atoms with Gasteiger partial charge < -0.3 is 14.6 Å². The van der Waals surface area contributed by atoms with Crippen LogP contribution in [0.3, 0.4) is 0 Å². The molecule has 0 amide bonds. The van der Waals surface area contributed by atoms with Crippen molar-refractivity contribution < 1.29 is 19.4 Å². The second kappa shape index (κ2) is 6.57. The van der Waals surface area contributed by atoms with Crippen LogP contribution in [0.5, 0.6) is 17.2 Å². The molecule has 0 aromatic heterocycles. The van der Waals surface area contributed by atoms with E-state index in [2.05, 4.69) is 0 Å². The highest BCUT2D eigenvalue weighted by Crippen LogP contribution is 2.31. The van der Waals surface area contributed by atoms with E-state index in [4.69, 9.17) is 9.47 Å². The van der Waals surface area contributed by atoms with Crippen LogP contribution in [0.25, 0.3) is 6.08 Å². The molecule has 4 heteroatoms. The van der Waals surface area contributed by atoms with E-state index in [1.165, 1.54) is 12.1 Å². The van der Waals surface area contributed by atoms with Crippen molar-refractivity contribution >= 4 is 11.9 Å². The number of aromatic hydroxyl groups is 1. The first-order valence-electron chi connectivity index (χ1n) is 7.55. The maximum Gasteiger partial charge on any atom is 0.189 e. The van der Waals surface area contributed by atoms with Gasteiger partial charge in [0.2, 0.25) is 0 Å². The van der Waals surface area contributed by atoms with Gasteiger partial charge in [0.25, 0.3) is 0 Å². The normalized spacial score (nSPS) is 13.8. The Labute approximate surface area is 135 Å². The lowest BCUT2D eigenvalue weighted by atomic mass is 10.1. The lowest BCUT2D eigenvalue weighted by Gasteiger charge is -2.07. The van der Waals surface area contributed by atoms with Crippen molar-refractivity contribution in [3.05, 3.63) is 59.2 Å². The van der Waals surface area contributed by atoms with Crippen molar-refractivity contribution in [2.45, 2.75) is 13.3 Å². The van der Waals surface area contributed by atoms with Gasteiger partial charge in [-0.25, -0.2) is 0 Å². The topological polar surface area (TPSA) is 55.8 Å². The van der Waals surface area contributed by atoms with Crippen LogP contribution in [0.1, 0.15) is 27.9 Å². The van der Waals surface area contributed by atoms with Gasteiger partial charge in [0.15, 0.2) is 17.3 Å². The molecule has 0 bridgehead atoms.